The summed E-state index contributed by atoms with van der Waals surface area (Å²) in [6.07, 6.45) is 5.14. The van der Waals surface area contributed by atoms with Crippen molar-refractivity contribution >= 4 is 15.9 Å². The summed E-state index contributed by atoms with van der Waals surface area (Å²) >= 11 is 0. The molecule has 1 aromatic carbocycles. The van der Waals surface area contributed by atoms with E-state index in [1.807, 2.05) is 0 Å². The highest BCUT2D eigenvalue weighted by molar-refractivity contribution is 7.90. The summed E-state index contributed by atoms with van der Waals surface area (Å²) in [6.45, 7) is 0. The van der Waals surface area contributed by atoms with Gasteiger partial charge in [-0.05, 0) is 25.0 Å². The Balaban J connectivity index is 1.80. The molecule has 6 nitrogen and oxygen atoms in total. The van der Waals surface area contributed by atoms with Gasteiger partial charge in [-0.2, -0.15) is 12.7 Å². The van der Waals surface area contributed by atoms with Gasteiger partial charge in [-0.15, -0.1) is 0 Å². The van der Waals surface area contributed by atoms with Crippen LogP contribution in [0.3, 0.4) is 0 Å². The first-order chi connectivity index (χ1) is 9.90. The van der Waals surface area contributed by atoms with E-state index in [1.165, 1.54) is 20.5 Å². The molecule has 1 N–H and O–H groups in total. The van der Waals surface area contributed by atoms with Crippen LogP contribution in [0.4, 0.5) is 5.69 Å². The molecule has 0 unspecified atom stereocenters. The fourth-order valence-corrected chi connectivity index (χ4v) is 3.30. The molecule has 1 aliphatic heterocycles. The molecule has 0 aromatic heterocycles. The quantitative estimate of drug-likeness (QED) is 0.930. The molecule has 1 heterocycles. The molecule has 0 amide bonds. The van der Waals surface area contributed by atoms with E-state index in [1.54, 1.807) is 18.2 Å². The maximum absolute atomic E-state index is 11.8. The van der Waals surface area contributed by atoms with Gasteiger partial charge < -0.3 is 9.47 Å². The van der Waals surface area contributed by atoms with E-state index < -0.39 is 16.0 Å². The van der Waals surface area contributed by atoms with Crippen LogP contribution in [0.15, 0.2) is 18.2 Å². The van der Waals surface area contributed by atoms with Gasteiger partial charge in [0, 0.05) is 33.0 Å². The lowest BCUT2D eigenvalue weighted by atomic mass is 9.94. The van der Waals surface area contributed by atoms with Crippen molar-refractivity contribution in [1.29, 1.82) is 0 Å². The summed E-state index contributed by atoms with van der Waals surface area (Å²) in [4.78, 5) is 0. The number of fused-ring (bicyclic) bond motifs is 1. The number of ether oxygens (including phenoxy) is 2. The summed E-state index contributed by atoms with van der Waals surface area (Å²) in [5.74, 6) is 0.750. The van der Waals surface area contributed by atoms with Gasteiger partial charge in [-0.1, -0.05) is 6.42 Å². The van der Waals surface area contributed by atoms with E-state index in [4.69, 9.17) is 9.47 Å². The molecule has 1 spiro atoms. The van der Waals surface area contributed by atoms with Crippen LogP contribution in [-0.4, -0.2) is 32.6 Å². The molecular formula is C14H20N2O4S. The van der Waals surface area contributed by atoms with Crippen molar-refractivity contribution in [1.82, 2.24) is 4.31 Å². The second-order valence-corrected chi connectivity index (χ2v) is 7.61. The first-order valence-corrected chi connectivity index (χ1v) is 8.57. The SMILES string of the molecule is CN(C)S(=O)(=O)Nc1ccc2c(c1)OC1(CCCCC1)O2. The minimum atomic E-state index is -3.52. The lowest BCUT2D eigenvalue weighted by Crippen LogP contribution is -2.40. The normalized spacial score (nSPS) is 20.0. The van der Waals surface area contributed by atoms with Crippen molar-refractivity contribution in [3.63, 3.8) is 0 Å². The van der Waals surface area contributed by atoms with E-state index in [0.29, 0.717) is 17.2 Å². The number of hydrogen-bond acceptors (Lipinski definition) is 4. The second kappa shape index (κ2) is 5.06. The zero-order chi connectivity index (χ0) is 15.1. The summed E-state index contributed by atoms with van der Waals surface area (Å²) < 4.78 is 39.2. The summed E-state index contributed by atoms with van der Waals surface area (Å²) in [6, 6.07) is 5.12. The van der Waals surface area contributed by atoms with Gasteiger partial charge in [-0.25, -0.2) is 0 Å². The third-order valence-electron chi connectivity index (χ3n) is 3.88. The van der Waals surface area contributed by atoms with Gasteiger partial charge in [0.2, 0.25) is 0 Å². The molecule has 1 aromatic rings. The van der Waals surface area contributed by atoms with Gasteiger partial charge in [0.15, 0.2) is 11.5 Å². The number of nitrogens with one attached hydrogen (secondary N) is 1. The fraction of sp³-hybridized carbons (Fsp3) is 0.571. The Hall–Kier alpha value is -1.47. The largest absolute Gasteiger partial charge is 0.448 e. The number of rotatable bonds is 3. The summed E-state index contributed by atoms with van der Waals surface area (Å²) in [5.41, 5.74) is 0.471. The first kappa shape index (κ1) is 14.5. The molecule has 7 heteroatoms. The van der Waals surface area contributed by atoms with Crippen LogP contribution >= 0.6 is 0 Å². The van der Waals surface area contributed by atoms with Gasteiger partial charge in [-0.3, -0.25) is 4.72 Å². The minimum absolute atomic E-state index is 0.471. The van der Waals surface area contributed by atoms with Gasteiger partial charge in [0.25, 0.3) is 5.79 Å². The van der Waals surface area contributed by atoms with E-state index >= 15 is 0 Å². The third kappa shape index (κ3) is 2.80. The minimum Gasteiger partial charge on any atom is -0.448 e. The molecule has 0 saturated heterocycles. The predicted octanol–water partition coefficient (Wildman–Crippen LogP) is 2.34. The van der Waals surface area contributed by atoms with Crippen LogP contribution in [0.1, 0.15) is 32.1 Å². The zero-order valence-corrected chi connectivity index (χ0v) is 13.1. The summed E-state index contributed by atoms with van der Waals surface area (Å²) in [7, 11) is -0.558. The Morgan fingerprint density at radius 3 is 2.43 bits per heavy atom. The highest BCUT2D eigenvalue weighted by Gasteiger charge is 2.42. The van der Waals surface area contributed by atoms with Gasteiger partial charge in [0.1, 0.15) is 0 Å². The van der Waals surface area contributed by atoms with Crippen molar-refractivity contribution in [2.24, 2.45) is 0 Å². The van der Waals surface area contributed by atoms with Gasteiger partial charge >= 0.3 is 10.2 Å². The molecule has 1 fully saturated rings. The van der Waals surface area contributed by atoms with Crippen molar-refractivity contribution in [3.8, 4) is 11.5 Å². The molecule has 2 aliphatic rings. The Morgan fingerprint density at radius 1 is 1.10 bits per heavy atom. The number of hydrogen-bond donors (Lipinski definition) is 1. The molecule has 21 heavy (non-hydrogen) atoms. The highest BCUT2D eigenvalue weighted by Crippen LogP contribution is 2.46. The van der Waals surface area contributed by atoms with E-state index in [9.17, 15) is 8.42 Å². The standard InChI is InChI=1S/C14H20N2O4S/c1-16(2)21(17,18)15-11-6-7-12-13(10-11)20-14(19-12)8-4-3-5-9-14/h6-7,10,15H,3-5,8-9H2,1-2H3. The second-order valence-electron chi connectivity index (χ2n) is 5.73. The van der Waals surface area contributed by atoms with Crippen molar-refractivity contribution in [3.05, 3.63) is 18.2 Å². The van der Waals surface area contributed by atoms with Crippen LogP contribution in [0.2, 0.25) is 0 Å². The van der Waals surface area contributed by atoms with Crippen molar-refractivity contribution < 1.29 is 17.9 Å². The smallest absolute Gasteiger partial charge is 0.301 e. The number of anilines is 1. The Kier molecular flexibility index (Phi) is 3.49. The molecule has 0 bridgehead atoms. The Labute approximate surface area is 125 Å². The third-order valence-corrected chi connectivity index (χ3v) is 5.33. The van der Waals surface area contributed by atoms with Crippen LogP contribution < -0.4 is 14.2 Å². The highest BCUT2D eigenvalue weighted by atomic mass is 32.2. The number of benzene rings is 1. The topological polar surface area (TPSA) is 67.9 Å². The van der Waals surface area contributed by atoms with Crippen LogP contribution in [0, 0.1) is 0 Å². The molecule has 3 rings (SSSR count). The van der Waals surface area contributed by atoms with Crippen LogP contribution in [-0.2, 0) is 10.2 Å². The molecule has 1 aliphatic carbocycles. The summed E-state index contributed by atoms with van der Waals surface area (Å²) in [5, 5.41) is 0. The molecular weight excluding hydrogens is 292 g/mol. The predicted molar refractivity (Wildman–Crippen MR) is 79.7 cm³/mol. The Bertz CT molecular complexity index is 636. The Morgan fingerprint density at radius 2 is 1.76 bits per heavy atom. The molecule has 0 atom stereocenters. The van der Waals surface area contributed by atoms with Crippen molar-refractivity contribution in [2.45, 2.75) is 37.9 Å². The van der Waals surface area contributed by atoms with E-state index in [2.05, 4.69) is 4.72 Å². The zero-order valence-electron chi connectivity index (χ0n) is 12.3. The lowest BCUT2D eigenvalue weighted by molar-refractivity contribution is -0.105. The average molecular weight is 312 g/mol. The molecule has 0 radical (unpaired) electrons. The maximum atomic E-state index is 11.8. The van der Waals surface area contributed by atoms with Crippen LogP contribution in [0.5, 0.6) is 11.5 Å². The number of nitrogens with zero attached hydrogens (tertiary/aromatic N) is 1. The first-order valence-electron chi connectivity index (χ1n) is 7.13. The van der Waals surface area contributed by atoms with Gasteiger partial charge in [0.05, 0.1) is 5.69 Å². The lowest BCUT2D eigenvalue weighted by Gasteiger charge is -2.31. The van der Waals surface area contributed by atoms with E-state index in [0.717, 1.165) is 30.0 Å². The van der Waals surface area contributed by atoms with Crippen molar-refractivity contribution in [2.75, 3.05) is 18.8 Å². The molecule has 116 valence electrons. The average Bonchev–Trinajstić information content (AvgIpc) is 2.75. The monoisotopic (exact) mass is 312 g/mol. The van der Waals surface area contributed by atoms with Crippen LogP contribution in [0.25, 0.3) is 0 Å². The van der Waals surface area contributed by atoms with E-state index in [-0.39, 0.29) is 0 Å². The molecule has 1 saturated carbocycles. The fourth-order valence-electron chi connectivity index (χ4n) is 2.69. The maximum Gasteiger partial charge on any atom is 0.301 e.